The molecular formula is C26H31F2N5O5. The Hall–Kier alpha value is -3.96. The van der Waals surface area contributed by atoms with Crippen molar-refractivity contribution < 1.29 is 32.6 Å². The first-order valence-corrected chi connectivity index (χ1v) is 12.2. The van der Waals surface area contributed by atoms with Crippen molar-refractivity contribution in [3.63, 3.8) is 0 Å². The number of hydrogen-bond acceptors (Lipinski definition) is 8. The van der Waals surface area contributed by atoms with Crippen LogP contribution in [0.5, 0.6) is 5.75 Å². The molecule has 1 unspecified atom stereocenters. The number of nitrogens with one attached hydrogen (secondary N) is 2. The Balaban J connectivity index is 1.57. The summed E-state index contributed by atoms with van der Waals surface area (Å²) in [6.45, 7) is 10.6. The number of hydrogen-bond donors (Lipinski definition) is 2. The molecule has 0 aliphatic carbocycles. The van der Waals surface area contributed by atoms with Crippen LogP contribution in [-0.2, 0) is 15.9 Å². The smallest absolute Gasteiger partial charge is 0.407 e. The van der Waals surface area contributed by atoms with Gasteiger partial charge in [-0.15, -0.1) is 0 Å². The lowest BCUT2D eigenvalue weighted by atomic mass is 9.96. The van der Waals surface area contributed by atoms with Gasteiger partial charge in [0, 0.05) is 18.2 Å². The SMILES string of the molecule is CCOC(=O)c1cnn2ccc(N[C@H](C)c3c(F)c(F)cc4c3OC(C)(CNC(=O)OC(C)(C)C)C4)nc12. The van der Waals surface area contributed by atoms with Crippen LogP contribution >= 0.6 is 0 Å². The van der Waals surface area contributed by atoms with E-state index in [-0.39, 0.29) is 42.1 Å². The van der Waals surface area contributed by atoms with Gasteiger partial charge < -0.3 is 24.8 Å². The van der Waals surface area contributed by atoms with Gasteiger partial charge in [0.15, 0.2) is 17.3 Å². The molecule has 0 bridgehead atoms. The zero-order chi connectivity index (χ0) is 27.8. The molecule has 204 valence electrons. The molecule has 1 aromatic carbocycles. The summed E-state index contributed by atoms with van der Waals surface area (Å²) in [6.07, 6.45) is 2.57. The number of anilines is 1. The first-order valence-electron chi connectivity index (χ1n) is 12.2. The van der Waals surface area contributed by atoms with Crippen LogP contribution in [-0.4, -0.2) is 51.0 Å². The third kappa shape index (κ3) is 5.63. The van der Waals surface area contributed by atoms with E-state index in [1.54, 1.807) is 53.8 Å². The summed E-state index contributed by atoms with van der Waals surface area (Å²) in [5, 5.41) is 9.82. The van der Waals surface area contributed by atoms with Crippen molar-refractivity contribution in [3.8, 4) is 5.75 Å². The first kappa shape index (κ1) is 27.1. The van der Waals surface area contributed by atoms with Crippen LogP contribution in [0.3, 0.4) is 0 Å². The van der Waals surface area contributed by atoms with Gasteiger partial charge >= 0.3 is 12.1 Å². The Labute approximate surface area is 218 Å². The highest BCUT2D eigenvalue weighted by atomic mass is 19.2. The Morgan fingerprint density at radius 3 is 2.74 bits per heavy atom. The maximum absolute atomic E-state index is 15.1. The Bertz CT molecular complexity index is 1390. The second kappa shape index (κ2) is 10.1. The van der Waals surface area contributed by atoms with Gasteiger partial charge in [-0.05, 0) is 53.7 Å². The van der Waals surface area contributed by atoms with E-state index in [2.05, 4.69) is 20.7 Å². The van der Waals surface area contributed by atoms with Crippen molar-refractivity contribution in [2.45, 2.75) is 65.2 Å². The van der Waals surface area contributed by atoms with Crippen LogP contribution in [0, 0.1) is 11.6 Å². The maximum Gasteiger partial charge on any atom is 0.407 e. The van der Waals surface area contributed by atoms with E-state index in [0.29, 0.717) is 11.4 Å². The molecule has 0 saturated heterocycles. The number of carbonyl (C=O) groups excluding carboxylic acids is 2. The molecule has 1 aliphatic rings. The molecule has 2 aromatic heterocycles. The molecule has 1 aliphatic heterocycles. The predicted molar refractivity (Wildman–Crippen MR) is 134 cm³/mol. The van der Waals surface area contributed by atoms with Gasteiger partial charge in [-0.25, -0.2) is 27.9 Å². The first-order chi connectivity index (χ1) is 17.8. The second-order valence-corrected chi connectivity index (χ2v) is 10.4. The number of nitrogens with zero attached hydrogens (tertiary/aromatic N) is 3. The molecule has 1 amide bonds. The number of ether oxygens (including phenoxy) is 3. The largest absolute Gasteiger partial charge is 0.485 e. The molecule has 2 N–H and O–H groups in total. The zero-order valence-corrected chi connectivity index (χ0v) is 22.1. The molecule has 0 spiro atoms. The lowest BCUT2D eigenvalue weighted by molar-refractivity contribution is 0.0446. The van der Waals surface area contributed by atoms with Crippen LogP contribution in [0.1, 0.15) is 69.1 Å². The highest BCUT2D eigenvalue weighted by Crippen LogP contribution is 2.43. The number of halogens is 2. The summed E-state index contributed by atoms with van der Waals surface area (Å²) in [5.74, 6) is -2.12. The van der Waals surface area contributed by atoms with Gasteiger partial charge in [0.1, 0.15) is 28.3 Å². The molecule has 3 aromatic rings. The number of amides is 1. The van der Waals surface area contributed by atoms with E-state index >= 15 is 4.39 Å². The average Bonchev–Trinajstić information content (AvgIpc) is 3.38. The summed E-state index contributed by atoms with van der Waals surface area (Å²) in [4.78, 5) is 28.8. The van der Waals surface area contributed by atoms with Gasteiger partial charge in [-0.3, -0.25) is 0 Å². The summed E-state index contributed by atoms with van der Waals surface area (Å²) in [5.41, 5.74) is -0.723. The fraction of sp³-hybridized carbons (Fsp3) is 0.462. The third-order valence-electron chi connectivity index (χ3n) is 5.86. The molecule has 0 saturated carbocycles. The minimum Gasteiger partial charge on any atom is -0.485 e. The van der Waals surface area contributed by atoms with Crippen LogP contribution in [0.2, 0.25) is 0 Å². The second-order valence-electron chi connectivity index (χ2n) is 10.4. The number of fused-ring (bicyclic) bond motifs is 2. The van der Waals surface area contributed by atoms with Gasteiger partial charge in [-0.2, -0.15) is 5.10 Å². The average molecular weight is 532 g/mol. The van der Waals surface area contributed by atoms with E-state index < -0.39 is 40.9 Å². The van der Waals surface area contributed by atoms with Gasteiger partial charge in [-0.1, -0.05) is 0 Å². The molecule has 3 heterocycles. The minimum atomic E-state index is -1.05. The van der Waals surface area contributed by atoms with Crippen LogP contribution < -0.4 is 15.4 Å². The molecule has 0 fully saturated rings. The monoisotopic (exact) mass is 531 g/mol. The van der Waals surface area contributed by atoms with E-state index in [4.69, 9.17) is 14.2 Å². The number of carbonyl (C=O) groups is 2. The van der Waals surface area contributed by atoms with E-state index in [1.165, 1.54) is 10.7 Å². The summed E-state index contributed by atoms with van der Waals surface area (Å²) < 4.78 is 47.6. The number of esters is 1. The lowest BCUT2D eigenvalue weighted by Gasteiger charge is -2.27. The quantitative estimate of drug-likeness (QED) is 0.426. The van der Waals surface area contributed by atoms with Crippen molar-refractivity contribution >= 4 is 23.5 Å². The molecule has 38 heavy (non-hydrogen) atoms. The predicted octanol–water partition coefficient (Wildman–Crippen LogP) is 4.58. The summed E-state index contributed by atoms with van der Waals surface area (Å²) in [6, 6.07) is 1.94. The van der Waals surface area contributed by atoms with Crippen molar-refractivity contribution in [3.05, 3.63) is 52.9 Å². The van der Waals surface area contributed by atoms with Crippen molar-refractivity contribution in [2.24, 2.45) is 0 Å². The fourth-order valence-corrected chi connectivity index (χ4v) is 4.28. The Kier molecular flexibility index (Phi) is 7.18. The van der Waals surface area contributed by atoms with Crippen LogP contribution in [0.25, 0.3) is 5.65 Å². The molecule has 0 radical (unpaired) electrons. The highest BCUT2D eigenvalue weighted by molar-refractivity contribution is 5.95. The molecular weight excluding hydrogens is 500 g/mol. The van der Waals surface area contributed by atoms with E-state index in [1.807, 2.05) is 0 Å². The van der Waals surface area contributed by atoms with E-state index in [9.17, 15) is 14.0 Å². The van der Waals surface area contributed by atoms with Gasteiger partial charge in [0.05, 0.1) is 31.0 Å². The minimum absolute atomic E-state index is 0.0122. The van der Waals surface area contributed by atoms with E-state index in [0.717, 1.165) is 6.07 Å². The number of aromatic nitrogens is 3. The molecule has 10 nitrogen and oxygen atoms in total. The van der Waals surface area contributed by atoms with Crippen LogP contribution in [0.15, 0.2) is 24.5 Å². The zero-order valence-electron chi connectivity index (χ0n) is 22.1. The standard InChI is InChI=1S/C26H31F2N5O5/c1-7-36-23(34)16-12-30-33-9-8-18(32-22(16)33)31-14(2)19-20(28)17(27)10-15-11-26(6,37-21(15)19)13-29-24(35)38-25(3,4)5/h8-10,12,14H,7,11,13H2,1-6H3,(H,29,35)(H,31,32)/t14-,26?/m1/s1. The lowest BCUT2D eigenvalue weighted by Crippen LogP contribution is -2.45. The third-order valence-corrected chi connectivity index (χ3v) is 5.86. The maximum atomic E-state index is 15.1. The fourth-order valence-electron chi connectivity index (χ4n) is 4.28. The number of benzene rings is 1. The normalized spacial score (nSPS) is 17.5. The molecule has 2 atom stereocenters. The number of rotatable bonds is 7. The summed E-state index contributed by atoms with van der Waals surface area (Å²) >= 11 is 0. The number of alkyl carbamates (subject to hydrolysis) is 1. The Morgan fingerprint density at radius 2 is 2.05 bits per heavy atom. The van der Waals surface area contributed by atoms with Crippen LogP contribution in [0.4, 0.5) is 19.4 Å². The summed E-state index contributed by atoms with van der Waals surface area (Å²) in [7, 11) is 0. The van der Waals surface area contributed by atoms with Crippen molar-refractivity contribution in [2.75, 3.05) is 18.5 Å². The van der Waals surface area contributed by atoms with Crippen molar-refractivity contribution in [1.82, 2.24) is 19.9 Å². The topological polar surface area (TPSA) is 116 Å². The van der Waals surface area contributed by atoms with Gasteiger partial charge in [0.25, 0.3) is 0 Å². The molecule has 12 heteroatoms. The van der Waals surface area contributed by atoms with Gasteiger partial charge in [0.2, 0.25) is 0 Å². The Morgan fingerprint density at radius 1 is 1.32 bits per heavy atom. The molecule has 4 rings (SSSR count). The highest BCUT2D eigenvalue weighted by Gasteiger charge is 2.40. The van der Waals surface area contributed by atoms with Crippen molar-refractivity contribution in [1.29, 1.82) is 0 Å².